The summed E-state index contributed by atoms with van der Waals surface area (Å²) in [6, 6.07) is 9.32. The van der Waals surface area contributed by atoms with E-state index in [-0.39, 0.29) is 17.4 Å². The summed E-state index contributed by atoms with van der Waals surface area (Å²) in [5.74, 6) is 3.22. The van der Waals surface area contributed by atoms with E-state index in [2.05, 4.69) is 25.1 Å². The Balaban J connectivity index is 1.51. The van der Waals surface area contributed by atoms with Gasteiger partial charge in [-0.05, 0) is 43.2 Å². The van der Waals surface area contributed by atoms with Crippen LogP contribution in [-0.4, -0.2) is 24.1 Å². The van der Waals surface area contributed by atoms with E-state index in [1.165, 1.54) is 11.6 Å². The van der Waals surface area contributed by atoms with E-state index >= 15 is 0 Å². The first-order valence-electron chi connectivity index (χ1n) is 8.83. The zero-order valence-electron chi connectivity index (χ0n) is 15.5. The number of hydrogen-bond acceptors (Lipinski definition) is 6. The van der Waals surface area contributed by atoms with Gasteiger partial charge in [-0.15, -0.1) is 0 Å². The first-order chi connectivity index (χ1) is 13.0. The van der Waals surface area contributed by atoms with E-state index in [1.807, 2.05) is 6.92 Å². The highest BCUT2D eigenvalue weighted by molar-refractivity contribution is 7.98. The zero-order valence-corrected chi connectivity index (χ0v) is 16.3. The lowest BCUT2D eigenvalue weighted by atomic mass is 10.1. The normalized spacial score (nSPS) is 13.0. The van der Waals surface area contributed by atoms with E-state index in [1.54, 1.807) is 17.8 Å². The maximum atomic E-state index is 11.1. The highest BCUT2D eigenvalue weighted by Crippen LogP contribution is 2.34. The Morgan fingerprint density at radius 1 is 1.26 bits per heavy atom. The van der Waals surface area contributed by atoms with Crippen LogP contribution in [-0.2, 0) is 17.1 Å². The monoisotopic (exact) mass is 389 g/mol. The molecule has 1 heterocycles. The number of ether oxygens (including phenoxy) is 3. The van der Waals surface area contributed by atoms with Crippen molar-refractivity contribution in [1.29, 1.82) is 0 Å². The van der Waals surface area contributed by atoms with Gasteiger partial charge in [0.15, 0.2) is 6.79 Å². The molecule has 0 fully saturated rings. The second kappa shape index (κ2) is 9.10. The molecule has 0 aliphatic carbocycles. The Hall–Kier alpha value is -2.25. The highest BCUT2D eigenvalue weighted by atomic mass is 32.2. The van der Waals surface area contributed by atoms with Crippen molar-refractivity contribution in [3.63, 3.8) is 0 Å². The van der Waals surface area contributed by atoms with Gasteiger partial charge in [-0.2, -0.15) is 11.8 Å². The number of benzene rings is 2. The number of nitrogens with zero attached hydrogens (tertiary/aromatic N) is 1. The molecule has 1 aliphatic heterocycles. The molecule has 2 aromatic carbocycles. The van der Waals surface area contributed by atoms with Gasteiger partial charge in [-0.3, -0.25) is 10.1 Å². The minimum Gasteiger partial charge on any atom is -0.493 e. The Morgan fingerprint density at radius 3 is 2.93 bits per heavy atom. The molecule has 0 radical (unpaired) electrons. The van der Waals surface area contributed by atoms with Gasteiger partial charge in [0.1, 0.15) is 11.5 Å². The number of nitro benzene ring substituents is 1. The molecule has 144 valence electrons. The third-order valence-electron chi connectivity index (χ3n) is 4.27. The minimum absolute atomic E-state index is 0.0803. The van der Waals surface area contributed by atoms with E-state index in [0.717, 1.165) is 40.4 Å². The number of thioether (sulfide) groups is 1. The first-order valence-corrected chi connectivity index (χ1v) is 9.98. The topological polar surface area (TPSA) is 70.8 Å². The van der Waals surface area contributed by atoms with Crippen molar-refractivity contribution in [2.45, 2.75) is 32.6 Å². The molecule has 1 aliphatic rings. The lowest BCUT2D eigenvalue weighted by Gasteiger charge is -2.20. The maximum Gasteiger partial charge on any atom is 0.270 e. The molecule has 2 aromatic rings. The number of rotatable bonds is 8. The lowest BCUT2D eigenvalue weighted by molar-refractivity contribution is -0.385. The summed E-state index contributed by atoms with van der Waals surface area (Å²) in [7, 11) is 0. The van der Waals surface area contributed by atoms with Crippen LogP contribution < -0.4 is 9.47 Å². The second-order valence-electron chi connectivity index (χ2n) is 6.48. The van der Waals surface area contributed by atoms with Gasteiger partial charge in [0, 0.05) is 29.0 Å². The molecule has 0 bridgehead atoms. The van der Waals surface area contributed by atoms with Crippen LogP contribution in [0.25, 0.3) is 0 Å². The molecule has 0 N–H and O–H groups in total. The Morgan fingerprint density at radius 2 is 2.11 bits per heavy atom. The highest BCUT2D eigenvalue weighted by Gasteiger charge is 2.20. The van der Waals surface area contributed by atoms with Crippen LogP contribution in [0.4, 0.5) is 5.69 Å². The summed E-state index contributed by atoms with van der Waals surface area (Å²) in [6.07, 6.45) is 0.902. The van der Waals surface area contributed by atoms with Crippen molar-refractivity contribution in [3.8, 4) is 11.5 Å². The molecule has 0 atom stereocenters. The van der Waals surface area contributed by atoms with Gasteiger partial charge in [0.2, 0.25) is 0 Å². The predicted molar refractivity (Wildman–Crippen MR) is 106 cm³/mol. The van der Waals surface area contributed by atoms with Crippen LogP contribution in [0, 0.1) is 24.0 Å². The lowest BCUT2D eigenvalue weighted by Crippen LogP contribution is -2.13. The van der Waals surface area contributed by atoms with E-state index in [9.17, 15) is 10.1 Å². The number of non-ortho nitro benzene ring substituents is 1. The molecule has 7 heteroatoms. The van der Waals surface area contributed by atoms with Crippen LogP contribution in [0.3, 0.4) is 0 Å². The molecule has 6 nitrogen and oxygen atoms in total. The summed E-state index contributed by atoms with van der Waals surface area (Å²) in [5, 5.41) is 11.1. The fourth-order valence-electron chi connectivity index (χ4n) is 2.88. The van der Waals surface area contributed by atoms with Gasteiger partial charge < -0.3 is 14.2 Å². The van der Waals surface area contributed by atoms with Crippen molar-refractivity contribution in [2.24, 2.45) is 0 Å². The minimum atomic E-state index is -0.374. The van der Waals surface area contributed by atoms with Gasteiger partial charge in [-0.25, -0.2) is 0 Å². The molecule has 0 amide bonds. The van der Waals surface area contributed by atoms with Crippen LogP contribution >= 0.6 is 11.8 Å². The fraction of sp³-hybridized carbons (Fsp3) is 0.400. The maximum absolute atomic E-state index is 11.1. The summed E-state index contributed by atoms with van der Waals surface area (Å²) < 4.78 is 16.7. The average molecular weight is 389 g/mol. The van der Waals surface area contributed by atoms with Gasteiger partial charge in [0.25, 0.3) is 5.69 Å². The zero-order chi connectivity index (χ0) is 19.2. The van der Waals surface area contributed by atoms with Crippen LogP contribution in [0.2, 0.25) is 0 Å². The number of nitro groups is 1. The van der Waals surface area contributed by atoms with Crippen molar-refractivity contribution >= 4 is 17.4 Å². The standard InChI is InChI=1S/C20H23NO5S/c1-14-4-5-15(2)19(8-14)25-6-3-7-27-12-17-10-18(21(22)23)9-16-11-24-13-26-20(16)17/h4-5,8-10H,3,6-7,11-13H2,1-2H3. The smallest absolute Gasteiger partial charge is 0.270 e. The van der Waals surface area contributed by atoms with Crippen molar-refractivity contribution in [3.05, 3.63) is 62.7 Å². The quantitative estimate of drug-likeness (QED) is 0.368. The molecular formula is C20H23NO5S. The Labute approximate surface area is 163 Å². The molecule has 0 saturated heterocycles. The van der Waals surface area contributed by atoms with E-state index in [0.29, 0.717) is 19.0 Å². The summed E-state index contributed by atoms with van der Waals surface area (Å²) >= 11 is 1.72. The van der Waals surface area contributed by atoms with Gasteiger partial charge in [-0.1, -0.05) is 12.1 Å². The predicted octanol–water partition coefficient (Wildman–Crippen LogP) is 4.78. The van der Waals surface area contributed by atoms with Crippen LogP contribution in [0.5, 0.6) is 11.5 Å². The number of hydrogen-bond donors (Lipinski definition) is 0. The first kappa shape index (κ1) is 19.5. The van der Waals surface area contributed by atoms with E-state index < -0.39 is 0 Å². The molecule has 0 unspecified atom stereocenters. The molecule has 0 saturated carbocycles. The van der Waals surface area contributed by atoms with Crippen molar-refractivity contribution in [1.82, 2.24) is 0 Å². The third kappa shape index (κ3) is 5.14. The Kier molecular flexibility index (Phi) is 6.58. The SMILES string of the molecule is Cc1ccc(C)c(OCCCSCc2cc([N+](=O)[O-])cc3c2OCOC3)c1. The number of aryl methyl sites for hydroxylation is 2. The van der Waals surface area contributed by atoms with E-state index in [4.69, 9.17) is 14.2 Å². The molecule has 27 heavy (non-hydrogen) atoms. The largest absolute Gasteiger partial charge is 0.493 e. The summed E-state index contributed by atoms with van der Waals surface area (Å²) in [6.45, 7) is 5.27. The molecule has 3 rings (SSSR count). The van der Waals surface area contributed by atoms with Gasteiger partial charge in [0.05, 0.1) is 18.1 Å². The molecule has 0 spiro atoms. The Bertz CT molecular complexity index is 824. The van der Waals surface area contributed by atoms with Crippen LogP contribution in [0.1, 0.15) is 28.7 Å². The summed E-state index contributed by atoms with van der Waals surface area (Å²) in [5.41, 5.74) is 3.99. The third-order valence-corrected chi connectivity index (χ3v) is 5.37. The number of fused-ring (bicyclic) bond motifs is 1. The summed E-state index contributed by atoms with van der Waals surface area (Å²) in [4.78, 5) is 10.8. The van der Waals surface area contributed by atoms with Gasteiger partial charge >= 0.3 is 0 Å². The molecular weight excluding hydrogens is 366 g/mol. The second-order valence-corrected chi connectivity index (χ2v) is 7.59. The molecule has 0 aromatic heterocycles. The fourth-order valence-corrected chi connectivity index (χ4v) is 3.78. The van der Waals surface area contributed by atoms with Crippen molar-refractivity contribution < 1.29 is 19.1 Å². The average Bonchev–Trinajstić information content (AvgIpc) is 2.66. The van der Waals surface area contributed by atoms with Crippen LogP contribution in [0.15, 0.2) is 30.3 Å². The van der Waals surface area contributed by atoms with Crippen molar-refractivity contribution in [2.75, 3.05) is 19.2 Å².